The van der Waals surface area contributed by atoms with Gasteiger partial charge in [0, 0.05) is 24.4 Å². The summed E-state index contributed by atoms with van der Waals surface area (Å²) < 4.78 is 7.38. The van der Waals surface area contributed by atoms with E-state index < -0.39 is 0 Å². The fourth-order valence-corrected chi connectivity index (χ4v) is 1.73. The molecule has 98 valence electrons. The largest absolute Gasteiger partial charge is 0.341 e. The predicted molar refractivity (Wildman–Crippen MR) is 69.3 cm³/mol. The van der Waals surface area contributed by atoms with E-state index in [1.165, 1.54) is 5.69 Å². The van der Waals surface area contributed by atoms with E-state index in [2.05, 4.69) is 46.9 Å². The Labute approximate surface area is 107 Å². The average molecular weight is 248 g/mol. The summed E-state index contributed by atoms with van der Waals surface area (Å²) in [6.07, 6.45) is 2.03. The van der Waals surface area contributed by atoms with Crippen LogP contribution in [0.3, 0.4) is 0 Å². The summed E-state index contributed by atoms with van der Waals surface area (Å²) in [6, 6.07) is 4.13. The van der Waals surface area contributed by atoms with Gasteiger partial charge in [-0.2, -0.15) is 4.98 Å². The van der Waals surface area contributed by atoms with Crippen LogP contribution in [0.2, 0.25) is 0 Å². The molecule has 0 unspecified atom stereocenters. The second-order valence-electron chi connectivity index (χ2n) is 4.61. The Hall–Kier alpha value is -1.62. The second-order valence-corrected chi connectivity index (χ2v) is 4.61. The normalized spacial score (nSPS) is 11.3. The van der Waals surface area contributed by atoms with Crippen LogP contribution < -0.4 is 5.32 Å². The summed E-state index contributed by atoms with van der Waals surface area (Å²) in [7, 11) is 0. The Morgan fingerprint density at radius 2 is 2.28 bits per heavy atom. The van der Waals surface area contributed by atoms with Crippen molar-refractivity contribution >= 4 is 0 Å². The van der Waals surface area contributed by atoms with E-state index >= 15 is 0 Å². The summed E-state index contributed by atoms with van der Waals surface area (Å²) >= 11 is 0. The molecule has 0 aliphatic carbocycles. The lowest BCUT2D eigenvalue weighted by Crippen LogP contribution is -2.15. The van der Waals surface area contributed by atoms with Crippen molar-refractivity contribution in [2.24, 2.45) is 0 Å². The Morgan fingerprint density at radius 1 is 1.44 bits per heavy atom. The smallest absolute Gasteiger partial charge is 0.246 e. The van der Waals surface area contributed by atoms with Gasteiger partial charge in [0.1, 0.15) is 6.54 Å². The Kier molecular flexibility index (Phi) is 4.15. The lowest BCUT2D eigenvalue weighted by Gasteiger charge is -2.06. The lowest BCUT2D eigenvalue weighted by atomic mass is 10.2. The predicted octanol–water partition coefficient (Wildman–Crippen LogP) is 2.15. The molecule has 5 nitrogen and oxygen atoms in total. The third-order valence-electron chi connectivity index (χ3n) is 2.79. The van der Waals surface area contributed by atoms with Crippen molar-refractivity contribution in [3.05, 3.63) is 35.7 Å². The number of nitrogens with one attached hydrogen (secondary N) is 1. The molecule has 2 rings (SSSR count). The lowest BCUT2D eigenvalue weighted by molar-refractivity contribution is 0.363. The SMILES string of the molecule is CCNCc1cccn1Cc1nc(C(C)C)no1. The fraction of sp³-hybridized carbons (Fsp3) is 0.538. The van der Waals surface area contributed by atoms with Crippen LogP contribution in [0.4, 0.5) is 0 Å². The van der Waals surface area contributed by atoms with E-state index in [0.717, 1.165) is 18.9 Å². The fourth-order valence-electron chi connectivity index (χ4n) is 1.73. The van der Waals surface area contributed by atoms with Gasteiger partial charge in [-0.15, -0.1) is 0 Å². The molecule has 0 saturated carbocycles. The van der Waals surface area contributed by atoms with Crippen molar-refractivity contribution in [2.45, 2.75) is 39.8 Å². The molecule has 5 heteroatoms. The highest BCUT2D eigenvalue weighted by atomic mass is 16.5. The first kappa shape index (κ1) is 12.8. The molecule has 0 fully saturated rings. The molecule has 0 saturated heterocycles. The van der Waals surface area contributed by atoms with Gasteiger partial charge in [0.25, 0.3) is 0 Å². The first-order valence-corrected chi connectivity index (χ1v) is 6.38. The van der Waals surface area contributed by atoms with Gasteiger partial charge in [0.05, 0.1) is 0 Å². The van der Waals surface area contributed by atoms with E-state index in [0.29, 0.717) is 18.4 Å². The van der Waals surface area contributed by atoms with Crippen LogP contribution in [0.1, 0.15) is 44.1 Å². The molecular weight excluding hydrogens is 228 g/mol. The van der Waals surface area contributed by atoms with Gasteiger partial charge in [-0.3, -0.25) is 0 Å². The molecule has 0 aromatic carbocycles. The quantitative estimate of drug-likeness (QED) is 0.851. The average Bonchev–Trinajstić information content (AvgIpc) is 2.96. The van der Waals surface area contributed by atoms with E-state index in [9.17, 15) is 0 Å². The van der Waals surface area contributed by atoms with Gasteiger partial charge in [0.2, 0.25) is 5.89 Å². The van der Waals surface area contributed by atoms with Gasteiger partial charge in [0.15, 0.2) is 5.82 Å². The van der Waals surface area contributed by atoms with Crippen LogP contribution in [0.15, 0.2) is 22.9 Å². The molecule has 2 aromatic heterocycles. The van der Waals surface area contributed by atoms with Gasteiger partial charge >= 0.3 is 0 Å². The summed E-state index contributed by atoms with van der Waals surface area (Å²) in [5.41, 5.74) is 1.22. The molecule has 0 aliphatic rings. The van der Waals surface area contributed by atoms with Crippen molar-refractivity contribution in [3.63, 3.8) is 0 Å². The number of aromatic nitrogens is 3. The third kappa shape index (κ3) is 2.98. The van der Waals surface area contributed by atoms with Crippen molar-refractivity contribution in [2.75, 3.05) is 6.54 Å². The standard InChI is InChI=1S/C13H20N4O/c1-4-14-8-11-6-5-7-17(11)9-12-15-13(10(2)3)16-18-12/h5-7,10,14H,4,8-9H2,1-3H3. The van der Waals surface area contributed by atoms with Gasteiger partial charge in [-0.25, -0.2) is 0 Å². The van der Waals surface area contributed by atoms with Gasteiger partial charge in [-0.05, 0) is 18.7 Å². The number of nitrogens with zero attached hydrogens (tertiary/aromatic N) is 3. The van der Waals surface area contributed by atoms with Crippen LogP contribution in [-0.2, 0) is 13.1 Å². The minimum Gasteiger partial charge on any atom is -0.341 e. The van der Waals surface area contributed by atoms with E-state index in [1.807, 2.05) is 12.3 Å². The maximum atomic E-state index is 5.26. The van der Waals surface area contributed by atoms with Crippen molar-refractivity contribution < 1.29 is 4.52 Å². The van der Waals surface area contributed by atoms with E-state index in [4.69, 9.17) is 4.52 Å². The first-order valence-electron chi connectivity index (χ1n) is 6.38. The topological polar surface area (TPSA) is 55.9 Å². The van der Waals surface area contributed by atoms with Crippen LogP contribution in [0.25, 0.3) is 0 Å². The first-order chi connectivity index (χ1) is 8.70. The summed E-state index contributed by atoms with van der Waals surface area (Å²) in [6.45, 7) is 8.66. The van der Waals surface area contributed by atoms with Crippen molar-refractivity contribution in [3.8, 4) is 0 Å². The van der Waals surface area contributed by atoms with E-state index in [-0.39, 0.29) is 0 Å². The highest BCUT2D eigenvalue weighted by molar-refractivity contribution is 5.08. The molecule has 0 bridgehead atoms. The number of hydrogen-bond donors (Lipinski definition) is 1. The van der Waals surface area contributed by atoms with Crippen molar-refractivity contribution in [1.82, 2.24) is 20.0 Å². The maximum Gasteiger partial charge on any atom is 0.246 e. The second kappa shape index (κ2) is 5.82. The van der Waals surface area contributed by atoms with Gasteiger partial charge in [-0.1, -0.05) is 25.9 Å². The number of hydrogen-bond acceptors (Lipinski definition) is 4. The molecule has 2 heterocycles. The molecule has 0 aliphatic heterocycles. The molecular formula is C13H20N4O. The van der Waals surface area contributed by atoms with Crippen LogP contribution in [0, 0.1) is 0 Å². The van der Waals surface area contributed by atoms with Crippen LogP contribution in [-0.4, -0.2) is 21.3 Å². The Balaban J connectivity index is 2.06. The summed E-state index contributed by atoms with van der Waals surface area (Å²) in [4.78, 5) is 4.39. The van der Waals surface area contributed by atoms with Crippen LogP contribution >= 0.6 is 0 Å². The number of rotatable bonds is 6. The molecule has 0 amide bonds. The zero-order valence-corrected chi connectivity index (χ0v) is 11.2. The highest BCUT2D eigenvalue weighted by Gasteiger charge is 2.10. The minimum absolute atomic E-state index is 0.299. The highest BCUT2D eigenvalue weighted by Crippen LogP contribution is 2.11. The Bertz CT molecular complexity index is 487. The molecule has 0 atom stereocenters. The van der Waals surface area contributed by atoms with Crippen LogP contribution in [0.5, 0.6) is 0 Å². The molecule has 18 heavy (non-hydrogen) atoms. The van der Waals surface area contributed by atoms with E-state index in [1.54, 1.807) is 0 Å². The summed E-state index contributed by atoms with van der Waals surface area (Å²) in [5, 5.41) is 7.29. The molecule has 0 spiro atoms. The molecule has 2 aromatic rings. The minimum atomic E-state index is 0.299. The maximum absolute atomic E-state index is 5.26. The molecule has 0 radical (unpaired) electrons. The monoisotopic (exact) mass is 248 g/mol. The Morgan fingerprint density at radius 3 is 2.94 bits per heavy atom. The summed E-state index contributed by atoms with van der Waals surface area (Å²) in [5.74, 6) is 1.73. The zero-order valence-electron chi connectivity index (χ0n) is 11.2. The molecule has 1 N–H and O–H groups in total. The zero-order chi connectivity index (χ0) is 13.0. The third-order valence-corrected chi connectivity index (χ3v) is 2.79. The van der Waals surface area contributed by atoms with Gasteiger partial charge < -0.3 is 14.4 Å². The van der Waals surface area contributed by atoms with Crippen molar-refractivity contribution in [1.29, 1.82) is 0 Å².